The first-order valence-corrected chi connectivity index (χ1v) is 10.6. The van der Waals surface area contributed by atoms with Gasteiger partial charge in [-0.15, -0.1) is 0 Å². The number of piperazine rings is 1. The zero-order valence-electron chi connectivity index (χ0n) is 16.5. The number of rotatable bonds is 5. The SMILES string of the molecule is Fc1ccc(CN2CCN(C(=S)Nc3cnn(Cc4ccccc4)c3)CC2)c(Cl)c1. The van der Waals surface area contributed by atoms with Crippen LogP contribution >= 0.6 is 23.8 Å². The van der Waals surface area contributed by atoms with Crippen molar-refractivity contribution in [2.75, 3.05) is 31.5 Å². The minimum Gasteiger partial charge on any atom is -0.346 e. The fourth-order valence-electron chi connectivity index (χ4n) is 3.49. The highest BCUT2D eigenvalue weighted by atomic mass is 35.5. The maximum absolute atomic E-state index is 13.2. The van der Waals surface area contributed by atoms with Crippen LogP contribution in [0.5, 0.6) is 0 Å². The molecule has 1 saturated heterocycles. The van der Waals surface area contributed by atoms with E-state index in [9.17, 15) is 4.39 Å². The highest BCUT2D eigenvalue weighted by molar-refractivity contribution is 7.80. The summed E-state index contributed by atoms with van der Waals surface area (Å²) in [5.74, 6) is -0.308. The molecule has 4 rings (SSSR count). The lowest BCUT2D eigenvalue weighted by atomic mass is 10.2. The van der Waals surface area contributed by atoms with Crippen molar-refractivity contribution >= 4 is 34.6 Å². The molecule has 0 bridgehead atoms. The minimum atomic E-state index is -0.308. The molecule has 5 nitrogen and oxygen atoms in total. The number of hydrogen-bond acceptors (Lipinski definition) is 3. The van der Waals surface area contributed by atoms with Gasteiger partial charge in [0.1, 0.15) is 5.82 Å². The molecule has 0 atom stereocenters. The third kappa shape index (κ3) is 5.36. The molecule has 0 aliphatic carbocycles. The predicted octanol–water partition coefficient (Wildman–Crippen LogP) is 4.24. The molecule has 1 N–H and O–H groups in total. The molecule has 0 unspecified atom stereocenters. The van der Waals surface area contributed by atoms with E-state index in [4.69, 9.17) is 23.8 Å². The van der Waals surface area contributed by atoms with Gasteiger partial charge in [0.15, 0.2) is 5.11 Å². The van der Waals surface area contributed by atoms with E-state index in [1.165, 1.54) is 17.7 Å². The zero-order valence-corrected chi connectivity index (χ0v) is 18.0. The average molecular weight is 444 g/mol. The van der Waals surface area contributed by atoms with Crippen molar-refractivity contribution < 1.29 is 4.39 Å². The molecular weight excluding hydrogens is 421 g/mol. The Morgan fingerprint density at radius 1 is 1.07 bits per heavy atom. The van der Waals surface area contributed by atoms with Gasteiger partial charge in [-0.2, -0.15) is 5.10 Å². The Bertz CT molecular complexity index is 1000. The predicted molar refractivity (Wildman–Crippen MR) is 122 cm³/mol. The van der Waals surface area contributed by atoms with Gasteiger partial charge in [0.05, 0.1) is 18.4 Å². The second kappa shape index (κ2) is 9.55. The number of benzene rings is 2. The molecule has 8 heteroatoms. The quantitative estimate of drug-likeness (QED) is 0.597. The molecule has 156 valence electrons. The highest BCUT2D eigenvalue weighted by Crippen LogP contribution is 2.20. The normalized spacial score (nSPS) is 14.7. The van der Waals surface area contributed by atoms with Gasteiger partial charge in [-0.1, -0.05) is 48.0 Å². The van der Waals surface area contributed by atoms with E-state index in [0.29, 0.717) is 16.7 Å². The topological polar surface area (TPSA) is 36.3 Å². The second-order valence-electron chi connectivity index (χ2n) is 7.34. The van der Waals surface area contributed by atoms with Gasteiger partial charge >= 0.3 is 0 Å². The summed E-state index contributed by atoms with van der Waals surface area (Å²) in [5, 5.41) is 8.88. The molecule has 1 aliphatic heterocycles. The van der Waals surface area contributed by atoms with Crippen molar-refractivity contribution in [1.29, 1.82) is 0 Å². The Labute approximate surface area is 186 Å². The van der Waals surface area contributed by atoms with Gasteiger partial charge in [-0.05, 0) is 35.5 Å². The fourth-order valence-corrected chi connectivity index (χ4v) is 4.01. The minimum absolute atomic E-state index is 0.308. The molecule has 0 spiro atoms. The van der Waals surface area contributed by atoms with Gasteiger partial charge in [0, 0.05) is 43.9 Å². The largest absolute Gasteiger partial charge is 0.346 e. The Morgan fingerprint density at radius 2 is 1.83 bits per heavy atom. The van der Waals surface area contributed by atoms with Crippen molar-refractivity contribution in [2.24, 2.45) is 0 Å². The first kappa shape index (κ1) is 20.8. The summed E-state index contributed by atoms with van der Waals surface area (Å²) in [6, 6.07) is 14.8. The molecule has 30 heavy (non-hydrogen) atoms. The van der Waals surface area contributed by atoms with E-state index in [1.807, 2.05) is 29.1 Å². The summed E-state index contributed by atoms with van der Waals surface area (Å²) in [6.07, 6.45) is 3.76. The van der Waals surface area contributed by atoms with E-state index in [1.54, 1.807) is 12.3 Å². The third-order valence-corrected chi connectivity index (χ3v) is 5.85. The van der Waals surface area contributed by atoms with E-state index >= 15 is 0 Å². The number of anilines is 1. The molecule has 1 fully saturated rings. The van der Waals surface area contributed by atoms with E-state index < -0.39 is 0 Å². The number of aromatic nitrogens is 2. The smallest absolute Gasteiger partial charge is 0.173 e. The summed E-state index contributed by atoms with van der Waals surface area (Å²) in [4.78, 5) is 4.46. The maximum atomic E-state index is 13.2. The number of thiocarbonyl (C=S) groups is 1. The van der Waals surface area contributed by atoms with Crippen molar-refractivity contribution in [3.05, 3.63) is 82.9 Å². The fraction of sp³-hybridized carbons (Fsp3) is 0.273. The van der Waals surface area contributed by atoms with Crippen molar-refractivity contribution in [3.63, 3.8) is 0 Å². The molecule has 3 aromatic rings. The van der Waals surface area contributed by atoms with Crippen LogP contribution in [-0.2, 0) is 13.1 Å². The van der Waals surface area contributed by atoms with Crippen LogP contribution in [0.25, 0.3) is 0 Å². The van der Waals surface area contributed by atoms with Crippen LogP contribution < -0.4 is 5.32 Å². The standard InChI is InChI=1S/C22H23ClFN5S/c23-21-12-19(24)7-6-18(21)15-27-8-10-28(11-9-27)22(30)26-20-13-25-29(16-20)14-17-4-2-1-3-5-17/h1-7,12-13,16H,8-11,14-15H2,(H,26,30). The molecule has 0 amide bonds. The van der Waals surface area contributed by atoms with Crippen LogP contribution in [-0.4, -0.2) is 50.9 Å². The molecule has 2 heterocycles. The average Bonchev–Trinajstić information content (AvgIpc) is 3.18. The van der Waals surface area contributed by atoms with Crippen LogP contribution in [0.1, 0.15) is 11.1 Å². The Morgan fingerprint density at radius 3 is 2.57 bits per heavy atom. The Kier molecular flexibility index (Phi) is 6.62. The zero-order chi connectivity index (χ0) is 20.9. The van der Waals surface area contributed by atoms with E-state index in [2.05, 4.69) is 32.3 Å². The number of hydrogen-bond donors (Lipinski definition) is 1. The van der Waals surface area contributed by atoms with Crippen LogP contribution in [0.3, 0.4) is 0 Å². The van der Waals surface area contributed by atoms with Gasteiger partial charge < -0.3 is 10.2 Å². The van der Waals surface area contributed by atoms with Gasteiger partial charge in [0.2, 0.25) is 0 Å². The number of nitrogens with one attached hydrogen (secondary N) is 1. The van der Waals surface area contributed by atoms with Crippen molar-refractivity contribution in [2.45, 2.75) is 13.1 Å². The van der Waals surface area contributed by atoms with Crippen molar-refractivity contribution in [3.8, 4) is 0 Å². The first-order chi connectivity index (χ1) is 14.6. The summed E-state index contributed by atoms with van der Waals surface area (Å²) < 4.78 is 15.1. The maximum Gasteiger partial charge on any atom is 0.173 e. The molecule has 1 aliphatic rings. The lowest BCUT2D eigenvalue weighted by Gasteiger charge is -2.36. The summed E-state index contributed by atoms with van der Waals surface area (Å²) in [7, 11) is 0. The lowest BCUT2D eigenvalue weighted by Crippen LogP contribution is -2.49. The van der Waals surface area contributed by atoms with Crippen LogP contribution in [0.2, 0.25) is 5.02 Å². The van der Waals surface area contributed by atoms with Gasteiger partial charge in [-0.25, -0.2) is 4.39 Å². The highest BCUT2D eigenvalue weighted by Gasteiger charge is 2.20. The van der Waals surface area contributed by atoms with E-state index in [0.717, 1.165) is 44.0 Å². The van der Waals surface area contributed by atoms with Crippen LogP contribution in [0.15, 0.2) is 60.9 Å². The summed E-state index contributed by atoms with van der Waals surface area (Å²) >= 11 is 11.8. The molecule has 0 saturated carbocycles. The van der Waals surface area contributed by atoms with Crippen LogP contribution in [0.4, 0.5) is 10.1 Å². The number of halogens is 2. The first-order valence-electron chi connectivity index (χ1n) is 9.85. The van der Waals surface area contributed by atoms with Gasteiger partial charge in [0.25, 0.3) is 0 Å². The van der Waals surface area contributed by atoms with Gasteiger partial charge in [-0.3, -0.25) is 9.58 Å². The summed E-state index contributed by atoms with van der Waals surface area (Å²) in [5.41, 5.74) is 3.03. The molecule has 2 aromatic carbocycles. The second-order valence-corrected chi connectivity index (χ2v) is 8.14. The van der Waals surface area contributed by atoms with Crippen LogP contribution in [0, 0.1) is 5.82 Å². The monoisotopic (exact) mass is 443 g/mol. The Hall–Kier alpha value is -2.48. The third-order valence-electron chi connectivity index (χ3n) is 5.14. The molecule has 0 radical (unpaired) electrons. The Balaban J connectivity index is 1.26. The molecular formula is C22H23ClFN5S. The van der Waals surface area contributed by atoms with E-state index in [-0.39, 0.29) is 5.82 Å². The molecule has 1 aromatic heterocycles. The van der Waals surface area contributed by atoms with Crippen molar-refractivity contribution in [1.82, 2.24) is 19.6 Å². The lowest BCUT2D eigenvalue weighted by molar-refractivity contribution is 0.177. The summed E-state index contributed by atoms with van der Waals surface area (Å²) in [6.45, 7) is 4.80. The number of nitrogens with zero attached hydrogens (tertiary/aromatic N) is 4.